The summed E-state index contributed by atoms with van der Waals surface area (Å²) in [6.45, 7) is 6.21. The molecular formula is C17H18ClN3O. The maximum Gasteiger partial charge on any atom is 0.235 e. The lowest BCUT2D eigenvalue weighted by Gasteiger charge is -2.34. The Morgan fingerprint density at radius 3 is 2.59 bits per heavy atom. The molecule has 114 valence electrons. The summed E-state index contributed by atoms with van der Waals surface area (Å²) < 4.78 is 5.92. The van der Waals surface area contributed by atoms with Crippen LogP contribution in [0.2, 0.25) is 5.02 Å². The van der Waals surface area contributed by atoms with Crippen LogP contribution in [0.15, 0.2) is 28.7 Å². The van der Waals surface area contributed by atoms with Gasteiger partial charge < -0.3 is 9.32 Å². The van der Waals surface area contributed by atoms with Crippen molar-refractivity contribution in [3.63, 3.8) is 0 Å². The van der Waals surface area contributed by atoms with E-state index in [0.717, 1.165) is 13.1 Å². The normalized spacial score (nSPS) is 21.6. The van der Waals surface area contributed by atoms with Crippen LogP contribution in [0.4, 0.5) is 5.88 Å². The van der Waals surface area contributed by atoms with Crippen LogP contribution < -0.4 is 4.90 Å². The summed E-state index contributed by atoms with van der Waals surface area (Å²) in [5, 5.41) is 9.95. The second kappa shape index (κ2) is 6.02. The Morgan fingerprint density at radius 2 is 1.95 bits per heavy atom. The van der Waals surface area contributed by atoms with E-state index in [1.165, 1.54) is 6.42 Å². The molecule has 5 heteroatoms. The smallest absolute Gasteiger partial charge is 0.235 e. The number of aromatic nitrogens is 1. The van der Waals surface area contributed by atoms with Gasteiger partial charge in [-0.2, -0.15) is 10.2 Å². The Labute approximate surface area is 135 Å². The summed E-state index contributed by atoms with van der Waals surface area (Å²) in [6, 6.07) is 9.51. The maximum absolute atomic E-state index is 9.38. The molecule has 1 fully saturated rings. The molecule has 4 nitrogen and oxygen atoms in total. The van der Waals surface area contributed by atoms with Gasteiger partial charge in [0.05, 0.1) is 10.6 Å². The zero-order valence-electron chi connectivity index (χ0n) is 12.7. The SMILES string of the molecule is C[C@@H]1C[C@H](C)CN(c2oc(-c3ccccc3Cl)nc2C#N)C1. The van der Waals surface area contributed by atoms with Gasteiger partial charge in [0.1, 0.15) is 6.07 Å². The molecule has 1 aliphatic heterocycles. The summed E-state index contributed by atoms with van der Waals surface area (Å²) >= 11 is 6.20. The standard InChI is InChI=1S/C17H18ClN3O/c1-11-7-12(2)10-21(9-11)17-15(8-19)20-16(22-17)13-5-3-4-6-14(13)18/h3-6,11-12H,7,9-10H2,1-2H3/t11-,12+. The highest BCUT2D eigenvalue weighted by atomic mass is 35.5. The lowest BCUT2D eigenvalue weighted by molar-refractivity contribution is 0.344. The molecule has 0 unspecified atom stereocenters. The van der Waals surface area contributed by atoms with Gasteiger partial charge >= 0.3 is 0 Å². The minimum atomic E-state index is 0.330. The van der Waals surface area contributed by atoms with E-state index in [1.54, 1.807) is 6.07 Å². The third-order valence-electron chi connectivity index (χ3n) is 3.98. The first kappa shape index (κ1) is 14.9. The number of nitriles is 1. The van der Waals surface area contributed by atoms with Crippen molar-refractivity contribution in [1.82, 2.24) is 4.98 Å². The summed E-state index contributed by atoms with van der Waals surface area (Å²) in [6.07, 6.45) is 1.20. The lowest BCUT2D eigenvalue weighted by Crippen LogP contribution is -2.38. The first-order chi connectivity index (χ1) is 10.6. The highest BCUT2D eigenvalue weighted by Gasteiger charge is 2.28. The monoisotopic (exact) mass is 315 g/mol. The van der Waals surface area contributed by atoms with Crippen LogP contribution in [0, 0.1) is 23.2 Å². The first-order valence-corrected chi connectivity index (χ1v) is 7.87. The van der Waals surface area contributed by atoms with Crippen molar-refractivity contribution in [1.29, 1.82) is 5.26 Å². The summed E-state index contributed by atoms with van der Waals surface area (Å²) in [5.41, 5.74) is 1.04. The van der Waals surface area contributed by atoms with Crippen molar-refractivity contribution in [3.05, 3.63) is 35.0 Å². The van der Waals surface area contributed by atoms with Crippen LogP contribution in [0.1, 0.15) is 26.0 Å². The second-order valence-electron chi connectivity index (χ2n) is 6.12. The molecule has 0 amide bonds. The maximum atomic E-state index is 9.38. The van der Waals surface area contributed by atoms with E-state index in [0.29, 0.717) is 39.9 Å². The average Bonchev–Trinajstić information content (AvgIpc) is 2.91. The molecule has 1 aromatic carbocycles. The van der Waals surface area contributed by atoms with Crippen molar-refractivity contribution in [2.24, 2.45) is 11.8 Å². The van der Waals surface area contributed by atoms with Gasteiger partial charge in [-0.3, -0.25) is 0 Å². The number of benzene rings is 1. The molecule has 22 heavy (non-hydrogen) atoms. The van der Waals surface area contributed by atoms with Crippen LogP contribution in [0.3, 0.4) is 0 Å². The molecule has 3 rings (SSSR count). The fourth-order valence-electron chi connectivity index (χ4n) is 3.18. The molecule has 0 N–H and O–H groups in total. The van der Waals surface area contributed by atoms with E-state index in [1.807, 2.05) is 18.2 Å². The zero-order valence-corrected chi connectivity index (χ0v) is 13.5. The minimum Gasteiger partial charge on any atom is -0.419 e. The molecule has 2 aromatic rings. The van der Waals surface area contributed by atoms with E-state index >= 15 is 0 Å². The molecule has 0 spiro atoms. The highest BCUT2D eigenvalue weighted by molar-refractivity contribution is 6.33. The van der Waals surface area contributed by atoms with Crippen molar-refractivity contribution in [2.75, 3.05) is 18.0 Å². The van der Waals surface area contributed by atoms with Crippen LogP contribution in [-0.2, 0) is 0 Å². The van der Waals surface area contributed by atoms with Crippen LogP contribution in [0.25, 0.3) is 11.5 Å². The number of piperidine rings is 1. The van der Waals surface area contributed by atoms with Crippen molar-refractivity contribution in [2.45, 2.75) is 20.3 Å². The molecule has 1 saturated heterocycles. The highest BCUT2D eigenvalue weighted by Crippen LogP contribution is 2.34. The fraction of sp³-hybridized carbons (Fsp3) is 0.412. The van der Waals surface area contributed by atoms with E-state index < -0.39 is 0 Å². The van der Waals surface area contributed by atoms with E-state index in [4.69, 9.17) is 16.0 Å². The molecule has 0 aliphatic carbocycles. The lowest BCUT2D eigenvalue weighted by atomic mass is 9.92. The number of hydrogen-bond acceptors (Lipinski definition) is 4. The third kappa shape index (κ3) is 2.82. The minimum absolute atomic E-state index is 0.330. The topological polar surface area (TPSA) is 53.1 Å². The molecule has 1 aliphatic rings. The van der Waals surface area contributed by atoms with Gasteiger partial charge in [0.2, 0.25) is 17.5 Å². The molecule has 0 bridgehead atoms. The summed E-state index contributed by atoms with van der Waals surface area (Å²) in [4.78, 5) is 6.46. The predicted molar refractivity (Wildman–Crippen MR) is 86.8 cm³/mol. The number of oxazole rings is 1. The van der Waals surface area contributed by atoms with Crippen molar-refractivity contribution >= 4 is 17.5 Å². The van der Waals surface area contributed by atoms with Gasteiger partial charge in [0, 0.05) is 13.1 Å². The molecule has 0 saturated carbocycles. The quantitative estimate of drug-likeness (QED) is 0.826. The Morgan fingerprint density at radius 1 is 1.27 bits per heavy atom. The fourth-order valence-corrected chi connectivity index (χ4v) is 3.39. The Balaban J connectivity index is 1.99. The summed E-state index contributed by atoms with van der Waals surface area (Å²) in [7, 11) is 0. The van der Waals surface area contributed by atoms with E-state index in [9.17, 15) is 5.26 Å². The Bertz CT molecular complexity index is 709. The first-order valence-electron chi connectivity index (χ1n) is 7.49. The van der Waals surface area contributed by atoms with E-state index in [2.05, 4.69) is 29.8 Å². The number of halogens is 1. The van der Waals surface area contributed by atoms with Gasteiger partial charge in [-0.25, -0.2) is 0 Å². The Kier molecular flexibility index (Phi) is 4.08. The van der Waals surface area contributed by atoms with E-state index in [-0.39, 0.29) is 0 Å². The molecule has 2 heterocycles. The van der Waals surface area contributed by atoms with Crippen molar-refractivity contribution < 1.29 is 4.42 Å². The Hall–Kier alpha value is -1.99. The third-order valence-corrected chi connectivity index (χ3v) is 4.31. The van der Waals surface area contributed by atoms with Gasteiger partial charge in [0.25, 0.3) is 0 Å². The largest absolute Gasteiger partial charge is 0.419 e. The van der Waals surface area contributed by atoms with Crippen molar-refractivity contribution in [3.8, 4) is 17.5 Å². The van der Waals surface area contributed by atoms with Gasteiger partial charge in [-0.15, -0.1) is 0 Å². The van der Waals surface area contributed by atoms with Crippen LogP contribution >= 0.6 is 11.6 Å². The zero-order chi connectivity index (χ0) is 15.7. The number of hydrogen-bond donors (Lipinski definition) is 0. The summed E-state index contributed by atoms with van der Waals surface area (Å²) in [5.74, 6) is 2.12. The number of rotatable bonds is 2. The molecule has 2 atom stereocenters. The predicted octanol–water partition coefficient (Wildman–Crippen LogP) is 4.35. The number of nitrogens with zero attached hydrogens (tertiary/aromatic N) is 3. The van der Waals surface area contributed by atoms with Crippen LogP contribution in [-0.4, -0.2) is 18.1 Å². The van der Waals surface area contributed by atoms with Crippen LogP contribution in [0.5, 0.6) is 0 Å². The second-order valence-corrected chi connectivity index (χ2v) is 6.52. The molecular weight excluding hydrogens is 298 g/mol. The molecule has 0 radical (unpaired) electrons. The molecule has 1 aromatic heterocycles. The van der Waals surface area contributed by atoms with Gasteiger partial charge in [-0.1, -0.05) is 37.6 Å². The van der Waals surface area contributed by atoms with Gasteiger partial charge in [0.15, 0.2) is 0 Å². The average molecular weight is 316 g/mol. The van der Waals surface area contributed by atoms with Gasteiger partial charge in [-0.05, 0) is 30.4 Å². The number of anilines is 1.